The summed E-state index contributed by atoms with van der Waals surface area (Å²) < 4.78 is 30.4. The van der Waals surface area contributed by atoms with Gasteiger partial charge in [-0.1, -0.05) is 206 Å². The van der Waals surface area contributed by atoms with Crippen LogP contribution in [0.25, 0.3) is 110 Å². The Morgan fingerprint density at radius 1 is 0.294 bits per heavy atom. The van der Waals surface area contributed by atoms with Crippen molar-refractivity contribution >= 4 is 103 Å². The van der Waals surface area contributed by atoms with Crippen LogP contribution in [0, 0.1) is 0 Å². The minimum absolute atomic E-state index is 0.230. The van der Waals surface area contributed by atoms with E-state index in [0.717, 1.165) is 96.0 Å². The predicted octanol–water partition coefficient (Wildman–Crippen LogP) is 20.5. The second-order valence-electron chi connectivity index (χ2n) is 25.0. The molecule has 508 valence electrons. The highest BCUT2D eigenvalue weighted by atomic mass is 79.9. The zero-order chi connectivity index (χ0) is 70.1. The lowest BCUT2D eigenvalue weighted by Crippen LogP contribution is -2.30. The Morgan fingerprint density at radius 3 is 0.902 bits per heavy atom. The average Bonchev–Trinajstić information content (AvgIpc) is 1.61. The van der Waals surface area contributed by atoms with Gasteiger partial charge in [-0.2, -0.15) is 0 Å². The van der Waals surface area contributed by atoms with E-state index in [2.05, 4.69) is 210 Å². The first kappa shape index (κ1) is 67.6. The Kier molecular flexibility index (Phi) is 20.4. The van der Waals surface area contributed by atoms with Crippen molar-refractivity contribution < 1.29 is 34.3 Å². The molecule has 13 nitrogen and oxygen atoms in total. The molecule has 0 saturated carbocycles. The summed E-state index contributed by atoms with van der Waals surface area (Å²) in [5.41, 5.74) is 14.0. The molecule has 0 amide bonds. The van der Waals surface area contributed by atoms with Crippen LogP contribution in [0.5, 0.6) is 28.7 Å². The number of nitrogens with zero attached hydrogens (tertiary/aromatic N) is 6. The number of fused-ring (bicyclic) bond motifs is 12. The molecule has 0 spiro atoms. The number of rotatable bonds is 17. The highest BCUT2D eigenvalue weighted by molar-refractivity contribution is 9.10. The van der Waals surface area contributed by atoms with Crippen molar-refractivity contribution in [2.75, 3.05) is 55.0 Å². The van der Waals surface area contributed by atoms with Crippen molar-refractivity contribution in [1.82, 2.24) is 28.1 Å². The van der Waals surface area contributed by atoms with Gasteiger partial charge in [-0.05, 0) is 127 Å². The average molecular weight is 1410 g/mol. The van der Waals surface area contributed by atoms with E-state index in [0.29, 0.717) is 30.3 Å². The molecule has 0 saturated heterocycles. The highest BCUT2D eigenvalue weighted by Crippen LogP contribution is 2.41. The van der Waals surface area contributed by atoms with Gasteiger partial charge in [0.05, 0.1) is 71.4 Å². The highest BCUT2D eigenvalue weighted by Gasteiger charge is 2.21. The maximum absolute atomic E-state index is 11.6. The van der Waals surface area contributed by atoms with Gasteiger partial charge in [0.15, 0.2) is 13.6 Å². The van der Waals surface area contributed by atoms with Crippen LogP contribution in [0.15, 0.2) is 308 Å². The molecule has 0 fully saturated rings. The first-order valence-electron chi connectivity index (χ1n) is 33.9. The first-order valence-corrected chi connectivity index (χ1v) is 34.7. The van der Waals surface area contributed by atoms with Crippen LogP contribution in [0.1, 0.15) is 11.1 Å². The Bertz CT molecular complexity index is 5410. The van der Waals surface area contributed by atoms with Crippen LogP contribution in [-0.4, -0.2) is 98.4 Å². The normalized spacial score (nSPS) is 11.4. The minimum Gasteiger partial charge on any atom is -0.506 e. The summed E-state index contributed by atoms with van der Waals surface area (Å²) in [7, 11) is 7.39. The zero-order valence-corrected chi connectivity index (χ0v) is 58.7. The number of phenols is 3. The molecule has 0 bridgehead atoms. The van der Waals surface area contributed by atoms with E-state index in [1.54, 1.807) is 20.3 Å². The Labute approximate surface area is 600 Å². The van der Waals surface area contributed by atoms with Gasteiger partial charge in [-0.25, -0.2) is 0 Å². The quantitative estimate of drug-likeness (QED) is 0.0765. The summed E-state index contributed by atoms with van der Waals surface area (Å²) in [6.45, 7) is 3.32. The molecule has 4 aromatic heterocycles. The lowest BCUT2D eigenvalue weighted by molar-refractivity contribution is 0.0505. The molecule has 17 aromatic rings. The Balaban J connectivity index is 0.000000134. The molecule has 0 radical (unpaired) electrons. The zero-order valence-electron chi connectivity index (χ0n) is 57.1. The van der Waals surface area contributed by atoms with Gasteiger partial charge >= 0.3 is 0 Å². The largest absolute Gasteiger partial charge is 0.506 e. The van der Waals surface area contributed by atoms with Gasteiger partial charge in [0.1, 0.15) is 28.7 Å². The number of para-hydroxylation sites is 15. The molecule has 13 aromatic carbocycles. The van der Waals surface area contributed by atoms with Crippen molar-refractivity contribution in [2.45, 2.75) is 13.1 Å². The predicted molar refractivity (Wildman–Crippen MR) is 420 cm³/mol. The SMILES string of the molecule is CN(CCN(C)Cc1cccc(-n2c3ccccc3c3ccccc32)c1O)Cc1cccc(-n2c3ccccc3c3ccccc32)c1O.COCOc1ccccc1-n1c2ccccc2c2ccccc21.COCOc1ccccc1Br.Oc1ccccc1-n1c2ccccc2c2ccccc21. The standard InChI is InChI=1S/C42H38N4O2.C20H17NO2.C18H13NO.C8H9BrO2/c1-43(27-29-13-11-23-39(41(29)47)45-35-19-7-3-15-31(35)32-16-4-8-20-36(32)45)25-26-44(2)28-30-14-12-24-40(42(30)48)46-37-21-9-5-17-33(37)34-18-6-10-22-38(34)46;1-22-14-23-20-13-7-6-12-19(20)21-17-10-4-2-8-15(17)16-9-3-5-11-18(16)21;20-18-12-6-5-11-17(18)19-15-9-3-1-7-13(15)14-8-2-4-10-16(14)19;1-10-6-11-8-5-3-2-4-7(8)9/h3-24,47-48H,25-28H2,1-2H3;2-13H,14H2,1H3;1-12,20H;2-5H,6H2,1H3. The Hall–Kier alpha value is -11.6. The third kappa shape index (κ3) is 13.6. The van der Waals surface area contributed by atoms with Crippen LogP contribution in [0.3, 0.4) is 0 Å². The minimum atomic E-state index is 0.230. The number of methoxy groups -OCH3 is 2. The van der Waals surface area contributed by atoms with Crippen molar-refractivity contribution in [3.8, 4) is 51.5 Å². The number of aromatic hydroxyl groups is 3. The number of aromatic nitrogens is 4. The topological polar surface area (TPSA) is 124 Å². The van der Waals surface area contributed by atoms with E-state index in [4.69, 9.17) is 18.9 Å². The summed E-state index contributed by atoms with van der Waals surface area (Å²) in [6.07, 6.45) is 0. The molecule has 17 rings (SSSR count). The van der Waals surface area contributed by atoms with E-state index in [9.17, 15) is 15.3 Å². The number of hydrogen-bond donors (Lipinski definition) is 3. The third-order valence-electron chi connectivity index (χ3n) is 18.5. The lowest BCUT2D eigenvalue weighted by Gasteiger charge is -2.23. The molecule has 0 aliphatic heterocycles. The molecule has 0 aliphatic rings. The first-order chi connectivity index (χ1) is 50.1. The fourth-order valence-electron chi connectivity index (χ4n) is 13.8. The second kappa shape index (κ2) is 30.9. The number of phenolic OH excluding ortho intramolecular Hbond substituents is 3. The third-order valence-corrected chi connectivity index (χ3v) is 19.1. The summed E-state index contributed by atoms with van der Waals surface area (Å²) in [4.78, 5) is 4.46. The van der Waals surface area contributed by atoms with Crippen LogP contribution < -0.4 is 9.47 Å². The number of hydrogen-bond acceptors (Lipinski definition) is 9. The number of likely N-dealkylation sites (N-methyl/N-ethyl adjacent to an activating group) is 2. The van der Waals surface area contributed by atoms with E-state index < -0.39 is 0 Å². The Morgan fingerprint density at radius 2 is 0.559 bits per heavy atom. The second-order valence-corrected chi connectivity index (χ2v) is 25.9. The summed E-state index contributed by atoms with van der Waals surface area (Å²) in [5.74, 6) is 2.50. The van der Waals surface area contributed by atoms with Crippen molar-refractivity contribution in [1.29, 1.82) is 0 Å². The van der Waals surface area contributed by atoms with Gasteiger partial charge in [-0.15, -0.1) is 0 Å². The molecular formula is C88H77BrN6O7. The summed E-state index contributed by atoms with van der Waals surface area (Å²) >= 11 is 3.35. The van der Waals surface area contributed by atoms with Gasteiger partial charge in [0.25, 0.3) is 0 Å². The molecule has 0 aliphatic carbocycles. The molecule has 4 heterocycles. The maximum Gasteiger partial charge on any atom is 0.188 e. The van der Waals surface area contributed by atoms with E-state index in [-0.39, 0.29) is 13.6 Å². The van der Waals surface area contributed by atoms with Crippen molar-refractivity contribution in [3.05, 3.63) is 319 Å². The van der Waals surface area contributed by atoms with Crippen LogP contribution in [0.2, 0.25) is 0 Å². The smallest absolute Gasteiger partial charge is 0.188 e. The van der Waals surface area contributed by atoms with Crippen molar-refractivity contribution in [3.63, 3.8) is 0 Å². The van der Waals surface area contributed by atoms with Gasteiger partial charge in [0.2, 0.25) is 0 Å². The fourth-order valence-corrected chi connectivity index (χ4v) is 14.2. The van der Waals surface area contributed by atoms with E-state index in [1.807, 2.05) is 146 Å². The summed E-state index contributed by atoms with van der Waals surface area (Å²) in [6, 6.07) is 102. The number of benzene rings is 13. The molecule has 0 atom stereocenters. The molecule has 3 N–H and O–H groups in total. The van der Waals surface area contributed by atoms with E-state index in [1.165, 1.54) is 54.1 Å². The van der Waals surface area contributed by atoms with Gasteiger partial charge in [-0.3, -0.25) is 0 Å². The fraction of sp³-hybridized carbons (Fsp3) is 0.114. The lowest BCUT2D eigenvalue weighted by atomic mass is 10.1. The molecule has 0 unspecified atom stereocenters. The number of ether oxygens (including phenoxy) is 4. The molecule has 14 heteroatoms. The van der Waals surface area contributed by atoms with Crippen LogP contribution in [-0.2, 0) is 22.6 Å². The van der Waals surface area contributed by atoms with Gasteiger partial charge < -0.3 is 62.3 Å². The maximum atomic E-state index is 11.6. The summed E-state index contributed by atoms with van der Waals surface area (Å²) in [5, 5.41) is 42.9. The van der Waals surface area contributed by atoms with Crippen LogP contribution in [0.4, 0.5) is 0 Å². The molecule has 102 heavy (non-hydrogen) atoms. The number of halogens is 1. The van der Waals surface area contributed by atoms with Crippen LogP contribution >= 0.6 is 15.9 Å². The molecular weight excluding hydrogens is 1330 g/mol. The van der Waals surface area contributed by atoms with E-state index >= 15 is 0 Å². The monoisotopic (exact) mass is 1410 g/mol. The van der Waals surface area contributed by atoms with Crippen molar-refractivity contribution in [2.24, 2.45) is 0 Å². The van der Waals surface area contributed by atoms with Gasteiger partial charge in [0, 0.05) is 94.6 Å².